The molecule has 6 nitrogen and oxygen atoms in total. The zero-order valence-electron chi connectivity index (χ0n) is 55.1. The summed E-state index contributed by atoms with van der Waals surface area (Å²) in [6.45, 7) is 6.71. The summed E-state index contributed by atoms with van der Waals surface area (Å²) >= 11 is 0. The largest absolute Gasteiger partial charge is 0.462 e. The van der Waals surface area contributed by atoms with Crippen LogP contribution in [0.25, 0.3) is 0 Å². The number of carbonyl (C=O) groups excluding carboxylic acids is 3. The first kappa shape index (κ1) is 78.9. The number of hydrogen-bond acceptors (Lipinski definition) is 6. The summed E-state index contributed by atoms with van der Waals surface area (Å²) in [7, 11) is 0. The zero-order valence-corrected chi connectivity index (χ0v) is 55.1. The summed E-state index contributed by atoms with van der Waals surface area (Å²) in [5.41, 5.74) is 0. The first-order chi connectivity index (χ1) is 40.0. The van der Waals surface area contributed by atoms with Crippen LogP contribution in [-0.4, -0.2) is 37.2 Å². The predicted molar refractivity (Wildman–Crippen MR) is 353 cm³/mol. The fraction of sp³-hybridized carbons (Fsp3) is 0.907. The van der Waals surface area contributed by atoms with Crippen molar-refractivity contribution in [2.24, 2.45) is 0 Å². The Labute approximate surface area is 506 Å². The highest BCUT2D eigenvalue weighted by Gasteiger charge is 2.19. The van der Waals surface area contributed by atoms with Gasteiger partial charge in [0, 0.05) is 19.3 Å². The van der Waals surface area contributed by atoms with E-state index in [4.69, 9.17) is 14.2 Å². The van der Waals surface area contributed by atoms with Crippen molar-refractivity contribution >= 4 is 17.9 Å². The molecule has 0 radical (unpaired) electrons. The van der Waals surface area contributed by atoms with Crippen LogP contribution >= 0.6 is 0 Å². The van der Waals surface area contributed by atoms with E-state index in [-0.39, 0.29) is 31.1 Å². The van der Waals surface area contributed by atoms with Crippen molar-refractivity contribution in [3.8, 4) is 0 Å². The molecule has 0 amide bonds. The lowest BCUT2D eigenvalue weighted by Crippen LogP contribution is -2.30. The number of hydrogen-bond donors (Lipinski definition) is 0. The third-order valence-electron chi connectivity index (χ3n) is 16.9. The van der Waals surface area contributed by atoms with Crippen molar-refractivity contribution in [2.45, 2.75) is 425 Å². The summed E-state index contributed by atoms with van der Waals surface area (Å²) in [6.07, 6.45) is 86.5. The van der Waals surface area contributed by atoms with E-state index >= 15 is 0 Å². The lowest BCUT2D eigenvalue weighted by atomic mass is 10.0. The molecule has 81 heavy (non-hydrogen) atoms. The molecular formula is C75H142O6. The third-order valence-corrected chi connectivity index (χ3v) is 16.9. The summed E-state index contributed by atoms with van der Waals surface area (Å²) in [6, 6.07) is 0. The molecule has 0 saturated carbocycles. The SMILES string of the molecule is CCCCCCC/C=C\CCCCCCCC(=O)OCC(COC(=O)CCCCCCCCCCCCCCCCCCCCCCCCCCCC)OC(=O)CCCCCCCCCCCCC/C=C\CCCCCCCCCC. The van der Waals surface area contributed by atoms with Crippen LogP contribution in [0.2, 0.25) is 0 Å². The summed E-state index contributed by atoms with van der Waals surface area (Å²) in [5, 5.41) is 0. The van der Waals surface area contributed by atoms with Gasteiger partial charge in [-0.1, -0.05) is 353 Å². The van der Waals surface area contributed by atoms with Gasteiger partial charge in [0.15, 0.2) is 6.10 Å². The standard InChI is InChI=1S/C75H142O6/c1-4-7-10-13-16-19-22-25-28-30-32-34-36-37-38-40-41-43-45-47-50-53-56-59-62-65-68-74(77)80-71-72(70-79-73(76)67-64-61-58-55-52-49-27-24-21-18-15-12-9-6-3)81-75(78)69-66-63-60-57-54-51-48-46-44-42-39-35-33-31-29-26-23-20-17-14-11-8-5-2/h24,27,31,33,72H,4-23,25-26,28-30,32,34-71H2,1-3H3/b27-24-,33-31-. The van der Waals surface area contributed by atoms with Crippen molar-refractivity contribution in [3.05, 3.63) is 24.3 Å². The second kappa shape index (κ2) is 70.4. The maximum absolute atomic E-state index is 13.0. The van der Waals surface area contributed by atoms with Gasteiger partial charge in [0.1, 0.15) is 13.2 Å². The molecule has 0 spiro atoms. The predicted octanol–water partition coefficient (Wildman–Crippen LogP) is 25.3. The topological polar surface area (TPSA) is 78.9 Å². The molecule has 0 N–H and O–H groups in total. The van der Waals surface area contributed by atoms with Crippen molar-refractivity contribution in [1.29, 1.82) is 0 Å². The molecule has 0 aromatic carbocycles. The number of allylic oxidation sites excluding steroid dienone is 4. The van der Waals surface area contributed by atoms with Crippen molar-refractivity contribution in [3.63, 3.8) is 0 Å². The van der Waals surface area contributed by atoms with Crippen LogP contribution in [0.4, 0.5) is 0 Å². The van der Waals surface area contributed by atoms with Gasteiger partial charge in [-0.05, 0) is 70.6 Å². The second-order valence-electron chi connectivity index (χ2n) is 25.2. The minimum absolute atomic E-state index is 0.0684. The highest BCUT2D eigenvalue weighted by atomic mass is 16.6. The summed E-state index contributed by atoms with van der Waals surface area (Å²) in [5.74, 6) is -0.845. The Kier molecular flexibility index (Phi) is 68.5. The fourth-order valence-corrected chi connectivity index (χ4v) is 11.4. The summed E-state index contributed by atoms with van der Waals surface area (Å²) in [4.78, 5) is 38.5. The number of unbranched alkanes of at least 4 members (excludes halogenated alkanes) is 54. The molecule has 478 valence electrons. The molecular weight excluding hydrogens is 997 g/mol. The van der Waals surface area contributed by atoms with E-state index in [2.05, 4.69) is 45.1 Å². The smallest absolute Gasteiger partial charge is 0.306 e. The van der Waals surface area contributed by atoms with Crippen LogP contribution in [0.15, 0.2) is 24.3 Å². The highest BCUT2D eigenvalue weighted by molar-refractivity contribution is 5.71. The van der Waals surface area contributed by atoms with Gasteiger partial charge < -0.3 is 14.2 Å². The quantitative estimate of drug-likeness (QED) is 0.0261. The lowest BCUT2D eigenvalue weighted by Gasteiger charge is -2.18. The Hall–Kier alpha value is -2.11. The van der Waals surface area contributed by atoms with Crippen molar-refractivity contribution < 1.29 is 28.6 Å². The Balaban J connectivity index is 4.22. The first-order valence-electron chi connectivity index (χ1n) is 36.8. The van der Waals surface area contributed by atoms with Gasteiger partial charge in [0.05, 0.1) is 0 Å². The molecule has 0 aliphatic rings. The van der Waals surface area contributed by atoms with Crippen LogP contribution in [0, 0.1) is 0 Å². The summed E-state index contributed by atoms with van der Waals surface area (Å²) < 4.78 is 17.0. The maximum atomic E-state index is 13.0. The molecule has 0 heterocycles. The molecule has 0 fully saturated rings. The molecule has 0 aromatic heterocycles. The van der Waals surface area contributed by atoms with E-state index in [1.807, 2.05) is 0 Å². The molecule has 0 aliphatic heterocycles. The van der Waals surface area contributed by atoms with Crippen molar-refractivity contribution in [1.82, 2.24) is 0 Å². The molecule has 0 rings (SSSR count). The van der Waals surface area contributed by atoms with Crippen molar-refractivity contribution in [2.75, 3.05) is 13.2 Å². The normalized spacial score (nSPS) is 12.1. The Morgan fingerprint density at radius 1 is 0.235 bits per heavy atom. The van der Waals surface area contributed by atoms with Gasteiger partial charge >= 0.3 is 17.9 Å². The van der Waals surface area contributed by atoms with Crippen LogP contribution in [0.3, 0.4) is 0 Å². The van der Waals surface area contributed by atoms with Gasteiger partial charge in [0.25, 0.3) is 0 Å². The highest BCUT2D eigenvalue weighted by Crippen LogP contribution is 2.19. The van der Waals surface area contributed by atoms with E-state index in [1.54, 1.807) is 0 Å². The number of carbonyl (C=O) groups is 3. The molecule has 0 bridgehead atoms. The van der Waals surface area contributed by atoms with E-state index in [9.17, 15) is 14.4 Å². The molecule has 0 aromatic rings. The first-order valence-corrected chi connectivity index (χ1v) is 36.8. The van der Waals surface area contributed by atoms with Gasteiger partial charge in [-0.15, -0.1) is 0 Å². The lowest BCUT2D eigenvalue weighted by molar-refractivity contribution is -0.167. The minimum Gasteiger partial charge on any atom is -0.462 e. The number of rotatable bonds is 69. The zero-order chi connectivity index (χ0) is 58.5. The molecule has 0 saturated heterocycles. The molecule has 1 atom stereocenters. The number of esters is 3. The average molecular weight is 1140 g/mol. The third kappa shape index (κ3) is 68.6. The van der Waals surface area contributed by atoms with Gasteiger partial charge in [-0.25, -0.2) is 0 Å². The molecule has 1 unspecified atom stereocenters. The Morgan fingerprint density at radius 2 is 0.407 bits per heavy atom. The minimum atomic E-state index is -0.773. The monoisotopic (exact) mass is 1140 g/mol. The molecule has 6 heteroatoms. The van der Waals surface area contributed by atoms with E-state index in [1.165, 1.54) is 315 Å². The van der Waals surface area contributed by atoms with Crippen LogP contribution in [0.1, 0.15) is 419 Å². The maximum Gasteiger partial charge on any atom is 0.306 e. The fourth-order valence-electron chi connectivity index (χ4n) is 11.4. The van der Waals surface area contributed by atoms with Crippen LogP contribution < -0.4 is 0 Å². The van der Waals surface area contributed by atoms with E-state index in [0.717, 1.165) is 64.2 Å². The van der Waals surface area contributed by atoms with Gasteiger partial charge in [-0.2, -0.15) is 0 Å². The van der Waals surface area contributed by atoms with Gasteiger partial charge in [0.2, 0.25) is 0 Å². The van der Waals surface area contributed by atoms with E-state index in [0.29, 0.717) is 19.3 Å². The van der Waals surface area contributed by atoms with Crippen LogP contribution in [-0.2, 0) is 28.6 Å². The second-order valence-corrected chi connectivity index (χ2v) is 25.2. The average Bonchev–Trinajstić information content (AvgIpc) is 3.47. The Morgan fingerprint density at radius 3 is 0.617 bits per heavy atom. The molecule has 0 aliphatic carbocycles. The number of ether oxygens (including phenoxy) is 3. The Bertz CT molecular complexity index is 1310. The van der Waals surface area contributed by atoms with Crippen LogP contribution in [0.5, 0.6) is 0 Å². The van der Waals surface area contributed by atoms with E-state index < -0.39 is 6.10 Å². The van der Waals surface area contributed by atoms with Gasteiger partial charge in [-0.3, -0.25) is 14.4 Å².